The van der Waals surface area contributed by atoms with Crippen LogP contribution in [0.4, 0.5) is 0 Å². The molecule has 1 aliphatic rings. The van der Waals surface area contributed by atoms with Crippen molar-refractivity contribution in [2.45, 2.75) is 25.8 Å². The van der Waals surface area contributed by atoms with Crippen LogP contribution in [0.2, 0.25) is 5.02 Å². The van der Waals surface area contributed by atoms with Crippen molar-refractivity contribution in [2.75, 3.05) is 6.61 Å². The SMILES string of the molecule is CC(Cc1ccc2c(c1)CCO2)NC(=O)c1ccccc1Cl. The Morgan fingerprint density at radius 3 is 2.95 bits per heavy atom. The zero-order chi connectivity index (χ0) is 15.5. The van der Waals surface area contributed by atoms with Gasteiger partial charge < -0.3 is 10.1 Å². The van der Waals surface area contributed by atoms with E-state index in [9.17, 15) is 4.79 Å². The number of benzene rings is 2. The Bertz CT molecular complexity index is 699. The van der Waals surface area contributed by atoms with Crippen LogP contribution < -0.4 is 10.1 Å². The molecule has 3 nitrogen and oxygen atoms in total. The van der Waals surface area contributed by atoms with Crippen molar-refractivity contribution < 1.29 is 9.53 Å². The van der Waals surface area contributed by atoms with Gasteiger partial charge in [-0.3, -0.25) is 4.79 Å². The summed E-state index contributed by atoms with van der Waals surface area (Å²) in [6, 6.07) is 13.4. The molecule has 3 rings (SSSR count). The highest BCUT2D eigenvalue weighted by Gasteiger charge is 2.15. The van der Waals surface area contributed by atoms with Crippen LogP contribution in [0, 0.1) is 0 Å². The van der Waals surface area contributed by atoms with E-state index in [2.05, 4.69) is 17.4 Å². The van der Waals surface area contributed by atoms with Crippen molar-refractivity contribution >= 4 is 17.5 Å². The van der Waals surface area contributed by atoms with Crippen molar-refractivity contribution in [1.82, 2.24) is 5.32 Å². The highest BCUT2D eigenvalue weighted by atomic mass is 35.5. The number of carbonyl (C=O) groups excluding carboxylic acids is 1. The summed E-state index contributed by atoms with van der Waals surface area (Å²) in [7, 11) is 0. The Labute approximate surface area is 135 Å². The summed E-state index contributed by atoms with van der Waals surface area (Å²) in [5.74, 6) is 0.846. The van der Waals surface area contributed by atoms with E-state index in [0.29, 0.717) is 10.6 Å². The molecule has 0 saturated heterocycles. The molecule has 2 aromatic carbocycles. The number of nitrogens with one attached hydrogen (secondary N) is 1. The summed E-state index contributed by atoms with van der Waals surface area (Å²) in [5.41, 5.74) is 2.97. The van der Waals surface area contributed by atoms with E-state index in [1.807, 2.05) is 25.1 Å². The number of halogens is 1. The third kappa shape index (κ3) is 3.25. The van der Waals surface area contributed by atoms with Crippen molar-refractivity contribution in [2.24, 2.45) is 0 Å². The molecule has 1 N–H and O–H groups in total. The third-order valence-corrected chi connectivity index (χ3v) is 4.12. The van der Waals surface area contributed by atoms with Crippen LogP contribution in [-0.4, -0.2) is 18.6 Å². The molecule has 0 aromatic heterocycles. The topological polar surface area (TPSA) is 38.3 Å². The van der Waals surface area contributed by atoms with Crippen LogP contribution in [0.3, 0.4) is 0 Å². The Morgan fingerprint density at radius 1 is 1.32 bits per heavy atom. The fourth-order valence-corrected chi connectivity index (χ4v) is 2.94. The van der Waals surface area contributed by atoms with Crippen LogP contribution in [0.25, 0.3) is 0 Å². The molecule has 4 heteroatoms. The van der Waals surface area contributed by atoms with E-state index in [1.54, 1.807) is 12.1 Å². The second-order valence-corrected chi connectivity index (χ2v) is 6.01. The van der Waals surface area contributed by atoms with Gasteiger partial charge in [-0.2, -0.15) is 0 Å². The minimum Gasteiger partial charge on any atom is -0.493 e. The van der Waals surface area contributed by atoms with Crippen molar-refractivity contribution in [3.05, 3.63) is 64.2 Å². The van der Waals surface area contributed by atoms with Gasteiger partial charge in [-0.1, -0.05) is 35.9 Å². The lowest BCUT2D eigenvalue weighted by molar-refractivity contribution is 0.0940. The van der Waals surface area contributed by atoms with Gasteiger partial charge in [0.05, 0.1) is 17.2 Å². The normalized spacial score (nSPS) is 14.1. The number of hydrogen-bond donors (Lipinski definition) is 1. The van der Waals surface area contributed by atoms with Gasteiger partial charge in [-0.15, -0.1) is 0 Å². The second kappa shape index (κ2) is 6.41. The average molecular weight is 316 g/mol. The van der Waals surface area contributed by atoms with E-state index in [0.717, 1.165) is 25.2 Å². The predicted octanol–water partition coefficient (Wildman–Crippen LogP) is 3.64. The zero-order valence-corrected chi connectivity index (χ0v) is 13.2. The molecular weight excluding hydrogens is 298 g/mol. The monoisotopic (exact) mass is 315 g/mol. The number of hydrogen-bond acceptors (Lipinski definition) is 2. The molecule has 0 saturated carbocycles. The van der Waals surface area contributed by atoms with Gasteiger partial charge in [-0.25, -0.2) is 0 Å². The third-order valence-electron chi connectivity index (χ3n) is 3.79. The van der Waals surface area contributed by atoms with E-state index in [1.165, 1.54) is 11.1 Å². The first kappa shape index (κ1) is 14.9. The van der Waals surface area contributed by atoms with Crippen LogP contribution in [0.1, 0.15) is 28.4 Å². The van der Waals surface area contributed by atoms with Gasteiger partial charge in [0.25, 0.3) is 5.91 Å². The molecule has 1 amide bonds. The summed E-state index contributed by atoms with van der Waals surface area (Å²) in [5, 5.41) is 3.47. The van der Waals surface area contributed by atoms with Crippen LogP contribution in [0.5, 0.6) is 5.75 Å². The van der Waals surface area contributed by atoms with E-state index in [-0.39, 0.29) is 11.9 Å². The molecule has 2 aromatic rings. The molecule has 0 spiro atoms. The van der Waals surface area contributed by atoms with Gasteiger partial charge in [0.15, 0.2) is 0 Å². The fourth-order valence-electron chi connectivity index (χ4n) is 2.72. The molecule has 1 unspecified atom stereocenters. The molecule has 0 fully saturated rings. The maximum Gasteiger partial charge on any atom is 0.253 e. The molecule has 1 aliphatic heterocycles. The lowest BCUT2D eigenvalue weighted by atomic mass is 10.0. The van der Waals surface area contributed by atoms with Gasteiger partial charge in [0, 0.05) is 12.5 Å². The summed E-state index contributed by atoms with van der Waals surface area (Å²) in [4.78, 5) is 12.2. The number of ether oxygens (including phenoxy) is 1. The fraction of sp³-hybridized carbons (Fsp3) is 0.278. The largest absolute Gasteiger partial charge is 0.493 e. The van der Waals surface area contributed by atoms with Gasteiger partial charge >= 0.3 is 0 Å². The number of fused-ring (bicyclic) bond motifs is 1. The molecule has 114 valence electrons. The lowest BCUT2D eigenvalue weighted by Gasteiger charge is -2.15. The van der Waals surface area contributed by atoms with Crippen molar-refractivity contribution in [3.63, 3.8) is 0 Å². The predicted molar refractivity (Wildman–Crippen MR) is 87.7 cm³/mol. The molecular formula is C18H18ClNO2. The highest BCUT2D eigenvalue weighted by molar-refractivity contribution is 6.33. The second-order valence-electron chi connectivity index (χ2n) is 5.60. The number of rotatable bonds is 4. The van der Waals surface area contributed by atoms with Crippen LogP contribution >= 0.6 is 11.6 Å². The quantitative estimate of drug-likeness (QED) is 0.935. The Hall–Kier alpha value is -2.00. The molecule has 0 radical (unpaired) electrons. The van der Waals surface area contributed by atoms with Crippen molar-refractivity contribution in [1.29, 1.82) is 0 Å². The van der Waals surface area contributed by atoms with Crippen LogP contribution in [-0.2, 0) is 12.8 Å². The Kier molecular flexibility index (Phi) is 4.34. The van der Waals surface area contributed by atoms with E-state index >= 15 is 0 Å². The van der Waals surface area contributed by atoms with Crippen LogP contribution in [0.15, 0.2) is 42.5 Å². The average Bonchev–Trinajstić information content (AvgIpc) is 2.95. The molecule has 1 heterocycles. The van der Waals surface area contributed by atoms with E-state index < -0.39 is 0 Å². The van der Waals surface area contributed by atoms with Gasteiger partial charge in [0.1, 0.15) is 5.75 Å². The first-order chi connectivity index (χ1) is 10.6. The van der Waals surface area contributed by atoms with E-state index in [4.69, 9.17) is 16.3 Å². The minimum absolute atomic E-state index is 0.0316. The molecule has 1 atom stereocenters. The minimum atomic E-state index is -0.136. The molecule has 0 aliphatic carbocycles. The summed E-state index contributed by atoms with van der Waals surface area (Å²) < 4.78 is 5.51. The standard InChI is InChI=1S/C18H18ClNO2/c1-12(20-18(21)15-4-2-3-5-16(15)19)10-13-6-7-17-14(11-13)8-9-22-17/h2-7,11-12H,8-10H2,1H3,(H,20,21). The maximum atomic E-state index is 12.2. The first-order valence-electron chi connectivity index (χ1n) is 7.43. The number of amides is 1. The van der Waals surface area contributed by atoms with Gasteiger partial charge in [-0.05, 0) is 42.7 Å². The summed E-state index contributed by atoms with van der Waals surface area (Å²) >= 11 is 6.05. The Morgan fingerprint density at radius 2 is 2.14 bits per heavy atom. The molecule has 22 heavy (non-hydrogen) atoms. The first-order valence-corrected chi connectivity index (χ1v) is 7.81. The lowest BCUT2D eigenvalue weighted by Crippen LogP contribution is -2.34. The van der Waals surface area contributed by atoms with Gasteiger partial charge in [0.2, 0.25) is 0 Å². The molecule has 0 bridgehead atoms. The smallest absolute Gasteiger partial charge is 0.253 e. The summed E-state index contributed by atoms with van der Waals surface area (Å²) in [6.45, 7) is 2.76. The maximum absolute atomic E-state index is 12.2. The van der Waals surface area contributed by atoms with Crippen molar-refractivity contribution in [3.8, 4) is 5.75 Å². The highest BCUT2D eigenvalue weighted by Crippen LogP contribution is 2.26. The Balaban J connectivity index is 1.64. The summed E-state index contributed by atoms with van der Waals surface area (Å²) in [6.07, 6.45) is 1.74. The zero-order valence-electron chi connectivity index (χ0n) is 12.4. The number of carbonyl (C=O) groups is 1.